The Labute approximate surface area is 202 Å². The van der Waals surface area contributed by atoms with E-state index in [-0.39, 0.29) is 23.0 Å². The number of ether oxygens (including phenoxy) is 2. The first kappa shape index (κ1) is 24.9. The smallest absolute Gasteiger partial charge is 0.340 e. The molecule has 36 heavy (non-hydrogen) atoms. The van der Waals surface area contributed by atoms with E-state index in [9.17, 15) is 24.9 Å². The van der Waals surface area contributed by atoms with Gasteiger partial charge in [0, 0.05) is 12.7 Å². The van der Waals surface area contributed by atoms with Crippen LogP contribution in [0.3, 0.4) is 0 Å². The van der Waals surface area contributed by atoms with Gasteiger partial charge in [0.05, 0.1) is 24.0 Å². The Balaban J connectivity index is 1.42. The molecule has 1 aliphatic heterocycles. The fourth-order valence-electron chi connectivity index (χ4n) is 3.57. The van der Waals surface area contributed by atoms with Crippen LogP contribution in [0.5, 0.6) is 0 Å². The highest BCUT2D eigenvalue weighted by Gasteiger charge is 2.48. The third-order valence-electron chi connectivity index (χ3n) is 5.48. The molecule has 8 N–H and O–H groups in total. The molecule has 0 amide bonds. The van der Waals surface area contributed by atoms with E-state index >= 15 is 0 Å². The molecular weight excluding hydrogens is 478 g/mol. The number of carboxylic acids is 1. The Hall–Kier alpha value is -4.18. The average molecular weight is 501 g/mol. The summed E-state index contributed by atoms with van der Waals surface area (Å²) in [4.78, 5) is 42.0. The number of aliphatic carboxylic acids is 1. The fraction of sp³-hybridized carbons (Fsp3) is 0.333. The van der Waals surface area contributed by atoms with E-state index < -0.39 is 42.6 Å². The van der Waals surface area contributed by atoms with Gasteiger partial charge in [0.2, 0.25) is 12.2 Å². The minimum Gasteiger partial charge on any atom is -0.479 e. The second-order valence-electron chi connectivity index (χ2n) is 8.04. The molecule has 4 rings (SSSR count). The number of aromatic nitrogens is 4. The monoisotopic (exact) mass is 501 g/mol. The highest BCUT2D eigenvalue weighted by atomic mass is 16.7. The lowest BCUT2D eigenvalue weighted by atomic mass is 9.99. The molecule has 1 saturated heterocycles. The second-order valence-corrected chi connectivity index (χ2v) is 8.04. The number of rotatable bonds is 6. The molecule has 3 aromatic rings. The van der Waals surface area contributed by atoms with Crippen LogP contribution in [0.15, 0.2) is 30.5 Å². The predicted octanol–water partition coefficient (Wildman–Crippen LogP) is -1.73. The number of nitrogens with zero attached hydrogens (tertiary/aromatic N) is 5. The third kappa shape index (κ3) is 4.94. The van der Waals surface area contributed by atoms with Gasteiger partial charge in [-0.25, -0.2) is 19.6 Å². The maximum atomic E-state index is 12.5. The van der Waals surface area contributed by atoms with Crippen molar-refractivity contribution in [2.24, 2.45) is 0 Å². The van der Waals surface area contributed by atoms with Crippen molar-refractivity contribution in [3.63, 3.8) is 0 Å². The molecule has 0 spiro atoms. The molecule has 0 saturated carbocycles. The van der Waals surface area contributed by atoms with Gasteiger partial charge in [-0.05, 0) is 24.3 Å². The first-order valence-corrected chi connectivity index (χ1v) is 10.5. The van der Waals surface area contributed by atoms with Crippen molar-refractivity contribution in [1.82, 2.24) is 19.9 Å². The first-order valence-electron chi connectivity index (χ1n) is 10.5. The van der Waals surface area contributed by atoms with Gasteiger partial charge in [-0.1, -0.05) is 0 Å². The van der Waals surface area contributed by atoms with Gasteiger partial charge < -0.3 is 46.3 Å². The second kappa shape index (κ2) is 9.82. The number of hydrogen-bond donors (Lipinski definition) is 6. The molecule has 1 aromatic carbocycles. The molecule has 190 valence electrons. The van der Waals surface area contributed by atoms with Crippen LogP contribution in [0.2, 0.25) is 0 Å². The van der Waals surface area contributed by atoms with Crippen molar-refractivity contribution < 1.29 is 39.5 Å². The van der Waals surface area contributed by atoms with Gasteiger partial charge in [0.1, 0.15) is 18.3 Å². The van der Waals surface area contributed by atoms with Crippen LogP contribution in [0, 0.1) is 0 Å². The number of nitrogen functional groups attached to an aromatic ring is 2. The minimum absolute atomic E-state index is 0.00202. The number of aliphatic hydroxyl groups is 3. The highest BCUT2D eigenvalue weighted by molar-refractivity contribution is 5.90. The summed E-state index contributed by atoms with van der Waals surface area (Å²) in [6.07, 6.45) is -7.76. The van der Waals surface area contributed by atoms with Crippen molar-refractivity contribution in [3.05, 3.63) is 41.7 Å². The number of carbonyl (C=O) groups is 2. The van der Waals surface area contributed by atoms with Crippen molar-refractivity contribution in [3.8, 4) is 0 Å². The van der Waals surface area contributed by atoms with Crippen molar-refractivity contribution >= 4 is 40.6 Å². The first-order chi connectivity index (χ1) is 17.0. The highest BCUT2D eigenvalue weighted by Crippen LogP contribution is 2.24. The summed E-state index contributed by atoms with van der Waals surface area (Å²) in [5.74, 6) is -2.41. The number of carbonyl (C=O) groups excluding carboxylic acids is 1. The number of carboxylic acid groups (broad SMARTS) is 1. The van der Waals surface area contributed by atoms with E-state index in [0.29, 0.717) is 23.4 Å². The van der Waals surface area contributed by atoms with Gasteiger partial charge in [0.25, 0.3) is 0 Å². The van der Waals surface area contributed by atoms with E-state index in [4.69, 9.17) is 26.0 Å². The summed E-state index contributed by atoms with van der Waals surface area (Å²) in [5.41, 5.74) is 13.4. The SMILES string of the molecule is CN(Cc1cnc2nc(N)nc(N)c2n1)c1ccc(C(=O)O[C@@H]2O[C@H](C(=O)O)[C@@H](O)[C@H](O)[C@H]2O)cc1. The van der Waals surface area contributed by atoms with Gasteiger partial charge in [0.15, 0.2) is 23.1 Å². The van der Waals surface area contributed by atoms with Crippen LogP contribution in [0.25, 0.3) is 11.2 Å². The third-order valence-corrected chi connectivity index (χ3v) is 5.48. The number of fused-ring (bicyclic) bond motifs is 1. The van der Waals surface area contributed by atoms with Gasteiger partial charge >= 0.3 is 11.9 Å². The van der Waals surface area contributed by atoms with Gasteiger partial charge in [-0.15, -0.1) is 0 Å². The molecule has 3 heterocycles. The summed E-state index contributed by atoms with van der Waals surface area (Å²) < 4.78 is 10.00. The molecule has 0 unspecified atom stereocenters. The summed E-state index contributed by atoms with van der Waals surface area (Å²) in [6.45, 7) is 0.329. The van der Waals surface area contributed by atoms with Crippen LogP contribution in [-0.2, 0) is 20.8 Å². The fourth-order valence-corrected chi connectivity index (χ4v) is 3.57. The Morgan fingerprint density at radius 1 is 1.06 bits per heavy atom. The van der Waals surface area contributed by atoms with Gasteiger partial charge in [-0.3, -0.25) is 0 Å². The van der Waals surface area contributed by atoms with E-state index in [1.54, 1.807) is 19.2 Å². The van der Waals surface area contributed by atoms with Crippen LogP contribution < -0.4 is 16.4 Å². The number of benzene rings is 1. The topological polar surface area (TPSA) is 240 Å². The summed E-state index contributed by atoms with van der Waals surface area (Å²) in [5, 5.41) is 38.7. The summed E-state index contributed by atoms with van der Waals surface area (Å²) >= 11 is 0. The molecule has 1 fully saturated rings. The van der Waals surface area contributed by atoms with Crippen molar-refractivity contribution in [2.75, 3.05) is 23.4 Å². The zero-order valence-electron chi connectivity index (χ0n) is 18.8. The molecule has 1 aliphatic rings. The van der Waals surface area contributed by atoms with Crippen molar-refractivity contribution in [2.45, 2.75) is 37.3 Å². The maximum absolute atomic E-state index is 12.5. The summed E-state index contributed by atoms with van der Waals surface area (Å²) in [7, 11) is 1.78. The summed E-state index contributed by atoms with van der Waals surface area (Å²) in [6, 6.07) is 6.15. The zero-order valence-corrected chi connectivity index (χ0v) is 18.8. The minimum atomic E-state index is -1.89. The number of hydrogen-bond acceptors (Lipinski definition) is 14. The molecule has 0 aliphatic carbocycles. The quantitative estimate of drug-likeness (QED) is 0.206. The van der Waals surface area contributed by atoms with E-state index in [1.165, 1.54) is 18.3 Å². The molecular formula is C21H23N7O8. The lowest BCUT2D eigenvalue weighted by Gasteiger charge is -2.37. The molecule has 15 nitrogen and oxygen atoms in total. The van der Waals surface area contributed by atoms with E-state index in [0.717, 1.165) is 0 Å². The number of anilines is 3. The predicted molar refractivity (Wildman–Crippen MR) is 122 cm³/mol. The van der Waals surface area contributed by atoms with Gasteiger partial charge in [-0.2, -0.15) is 9.97 Å². The Kier molecular flexibility index (Phi) is 6.80. The Morgan fingerprint density at radius 2 is 1.75 bits per heavy atom. The van der Waals surface area contributed by atoms with Crippen LogP contribution in [0.1, 0.15) is 16.1 Å². The number of esters is 1. The largest absolute Gasteiger partial charge is 0.479 e. The molecule has 0 bridgehead atoms. The number of aliphatic hydroxyl groups excluding tert-OH is 3. The average Bonchev–Trinajstić information content (AvgIpc) is 2.84. The lowest BCUT2D eigenvalue weighted by molar-refractivity contribution is -0.278. The standard InChI is InChI=1S/C21H23N7O8/c1-28(7-9-6-24-17-11(25-9)16(22)26-21(23)27-17)10-4-2-8(3-5-10)19(34)36-20-14(31)12(29)13(30)15(35-20)18(32)33/h2-6,12-15,20,29-31H,7H2,1H3,(H,32,33)(H4,22,23,24,26,27)/t12-,13-,14+,15-,20-/m0/s1. The van der Waals surface area contributed by atoms with Crippen LogP contribution in [0.4, 0.5) is 17.5 Å². The maximum Gasteiger partial charge on any atom is 0.340 e. The van der Waals surface area contributed by atoms with E-state index in [1.807, 2.05) is 4.90 Å². The van der Waals surface area contributed by atoms with Crippen molar-refractivity contribution in [1.29, 1.82) is 0 Å². The molecule has 5 atom stereocenters. The van der Waals surface area contributed by atoms with Crippen LogP contribution in [-0.4, -0.2) is 90.1 Å². The lowest BCUT2D eigenvalue weighted by Crippen LogP contribution is -2.60. The molecule has 15 heteroatoms. The zero-order chi connectivity index (χ0) is 26.1. The Bertz CT molecular complexity index is 1290. The van der Waals surface area contributed by atoms with E-state index in [2.05, 4.69) is 19.9 Å². The Morgan fingerprint density at radius 3 is 2.42 bits per heavy atom. The molecule has 2 aromatic heterocycles. The van der Waals surface area contributed by atoms with Crippen LogP contribution >= 0.6 is 0 Å². The number of nitrogens with two attached hydrogens (primary N) is 2. The molecule has 0 radical (unpaired) electrons. The normalized spacial score (nSPS) is 23.8.